The molecule has 4 heteroatoms. The number of para-hydroxylation sites is 2. The minimum Gasteiger partial charge on any atom is -0.496 e. The van der Waals surface area contributed by atoms with E-state index in [2.05, 4.69) is 30.5 Å². The van der Waals surface area contributed by atoms with Crippen molar-refractivity contribution in [3.63, 3.8) is 0 Å². The van der Waals surface area contributed by atoms with Crippen LogP contribution in [0, 0.1) is 0 Å². The van der Waals surface area contributed by atoms with Gasteiger partial charge in [-0.05, 0) is 30.0 Å². The van der Waals surface area contributed by atoms with Crippen LogP contribution in [0.2, 0.25) is 0 Å². The molecule has 23 heavy (non-hydrogen) atoms. The van der Waals surface area contributed by atoms with Crippen LogP contribution in [0.5, 0.6) is 5.75 Å². The van der Waals surface area contributed by atoms with Crippen LogP contribution in [0.15, 0.2) is 48.5 Å². The zero-order valence-electron chi connectivity index (χ0n) is 13.9. The molecule has 0 aliphatic carbocycles. The second-order valence-electron chi connectivity index (χ2n) is 5.52. The standard InChI is InChI=1S/C19H24N2O2/c1-4-14(2)16-10-6-7-11-17(16)21-19(22)20-13-15-9-5-8-12-18(15)23-3/h5-12,14H,4,13H2,1-3H3,(H2,20,21,22). The number of ether oxygens (including phenoxy) is 1. The van der Waals surface area contributed by atoms with Crippen molar-refractivity contribution in [3.05, 3.63) is 59.7 Å². The molecule has 0 bridgehead atoms. The number of nitrogens with one attached hydrogen (secondary N) is 2. The van der Waals surface area contributed by atoms with Crippen molar-refractivity contribution in [1.29, 1.82) is 0 Å². The topological polar surface area (TPSA) is 50.4 Å². The molecular formula is C19H24N2O2. The van der Waals surface area contributed by atoms with Crippen LogP contribution in [-0.2, 0) is 6.54 Å². The number of amides is 2. The first kappa shape index (κ1) is 16.9. The molecule has 0 spiro atoms. The van der Waals surface area contributed by atoms with Crippen LogP contribution >= 0.6 is 0 Å². The smallest absolute Gasteiger partial charge is 0.319 e. The Morgan fingerprint density at radius 1 is 1.13 bits per heavy atom. The molecule has 1 unspecified atom stereocenters. The van der Waals surface area contributed by atoms with Crippen molar-refractivity contribution in [2.45, 2.75) is 32.7 Å². The molecule has 1 atom stereocenters. The quantitative estimate of drug-likeness (QED) is 0.823. The van der Waals surface area contributed by atoms with Gasteiger partial charge in [0.15, 0.2) is 0 Å². The van der Waals surface area contributed by atoms with Crippen molar-refractivity contribution in [2.24, 2.45) is 0 Å². The molecule has 2 amide bonds. The summed E-state index contributed by atoms with van der Waals surface area (Å²) in [6.45, 7) is 4.72. The predicted octanol–water partition coefficient (Wildman–Crippen LogP) is 4.53. The molecule has 2 N–H and O–H groups in total. The zero-order valence-corrected chi connectivity index (χ0v) is 13.9. The Kier molecular flexibility index (Phi) is 6.03. The molecule has 4 nitrogen and oxygen atoms in total. The first-order chi connectivity index (χ1) is 11.2. The van der Waals surface area contributed by atoms with Crippen LogP contribution < -0.4 is 15.4 Å². The summed E-state index contributed by atoms with van der Waals surface area (Å²) in [5.41, 5.74) is 2.96. The summed E-state index contributed by atoms with van der Waals surface area (Å²) in [5.74, 6) is 1.17. The average Bonchev–Trinajstić information content (AvgIpc) is 2.60. The van der Waals surface area contributed by atoms with E-state index in [0.717, 1.165) is 29.0 Å². The Hall–Kier alpha value is -2.49. The third-order valence-corrected chi connectivity index (χ3v) is 3.98. The van der Waals surface area contributed by atoms with Gasteiger partial charge in [-0.2, -0.15) is 0 Å². The molecule has 0 aliphatic heterocycles. The summed E-state index contributed by atoms with van der Waals surface area (Å²) in [6, 6.07) is 15.4. The molecule has 0 saturated carbocycles. The van der Waals surface area contributed by atoms with Gasteiger partial charge in [-0.25, -0.2) is 4.79 Å². The van der Waals surface area contributed by atoms with E-state index in [1.807, 2.05) is 42.5 Å². The van der Waals surface area contributed by atoms with Crippen LogP contribution in [0.3, 0.4) is 0 Å². The highest BCUT2D eigenvalue weighted by molar-refractivity contribution is 5.90. The van der Waals surface area contributed by atoms with Crippen molar-refractivity contribution < 1.29 is 9.53 Å². The van der Waals surface area contributed by atoms with Crippen LogP contribution in [0.25, 0.3) is 0 Å². The van der Waals surface area contributed by atoms with Gasteiger partial charge in [-0.3, -0.25) is 0 Å². The summed E-state index contributed by atoms with van der Waals surface area (Å²) >= 11 is 0. The van der Waals surface area contributed by atoms with Crippen molar-refractivity contribution >= 4 is 11.7 Å². The van der Waals surface area contributed by atoms with Gasteiger partial charge in [0, 0.05) is 17.8 Å². The third kappa shape index (κ3) is 4.49. The van der Waals surface area contributed by atoms with E-state index in [1.54, 1.807) is 7.11 Å². The molecule has 2 aromatic carbocycles. The number of urea groups is 1. The lowest BCUT2D eigenvalue weighted by Gasteiger charge is -2.16. The molecule has 0 aromatic heterocycles. The maximum Gasteiger partial charge on any atom is 0.319 e. The SMILES string of the molecule is CCC(C)c1ccccc1NC(=O)NCc1ccccc1OC. The second-order valence-corrected chi connectivity index (χ2v) is 5.52. The number of benzene rings is 2. The van der Waals surface area contributed by atoms with Gasteiger partial charge in [-0.15, -0.1) is 0 Å². The monoisotopic (exact) mass is 312 g/mol. The highest BCUT2D eigenvalue weighted by atomic mass is 16.5. The number of hydrogen-bond acceptors (Lipinski definition) is 2. The molecule has 0 heterocycles. The lowest BCUT2D eigenvalue weighted by molar-refractivity contribution is 0.251. The number of carbonyl (C=O) groups excluding carboxylic acids is 1. The van der Waals surface area contributed by atoms with E-state index in [9.17, 15) is 4.79 Å². The van der Waals surface area contributed by atoms with Gasteiger partial charge >= 0.3 is 6.03 Å². The summed E-state index contributed by atoms with van der Waals surface area (Å²) in [6.07, 6.45) is 1.03. The Morgan fingerprint density at radius 2 is 1.83 bits per heavy atom. The van der Waals surface area contributed by atoms with Crippen molar-refractivity contribution in [1.82, 2.24) is 5.32 Å². The molecule has 2 rings (SSSR count). The van der Waals surface area contributed by atoms with E-state index in [0.29, 0.717) is 12.5 Å². The first-order valence-electron chi connectivity index (χ1n) is 7.91. The van der Waals surface area contributed by atoms with Gasteiger partial charge in [0.25, 0.3) is 0 Å². The van der Waals surface area contributed by atoms with Gasteiger partial charge < -0.3 is 15.4 Å². The Balaban J connectivity index is 2.00. The predicted molar refractivity (Wildman–Crippen MR) is 94.0 cm³/mol. The van der Waals surface area contributed by atoms with E-state index < -0.39 is 0 Å². The molecule has 2 aromatic rings. The van der Waals surface area contributed by atoms with Gasteiger partial charge in [0.05, 0.1) is 7.11 Å². The lowest BCUT2D eigenvalue weighted by Crippen LogP contribution is -2.28. The molecular weight excluding hydrogens is 288 g/mol. The number of anilines is 1. The van der Waals surface area contributed by atoms with Gasteiger partial charge in [-0.1, -0.05) is 50.2 Å². The third-order valence-electron chi connectivity index (χ3n) is 3.98. The Morgan fingerprint density at radius 3 is 2.57 bits per heavy atom. The van der Waals surface area contributed by atoms with Crippen molar-refractivity contribution in [2.75, 3.05) is 12.4 Å². The largest absolute Gasteiger partial charge is 0.496 e. The fourth-order valence-electron chi connectivity index (χ4n) is 2.45. The molecule has 0 fully saturated rings. The number of carbonyl (C=O) groups is 1. The minimum atomic E-state index is -0.216. The van der Waals surface area contributed by atoms with E-state index in [-0.39, 0.29) is 6.03 Å². The van der Waals surface area contributed by atoms with Crippen molar-refractivity contribution in [3.8, 4) is 5.75 Å². The zero-order chi connectivity index (χ0) is 16.7. The average molecular weight is 312 g/mol. The number of methoxy groups -OCH3 is 1. The molecule has 0 saturated heterocycles. The molecule has 0 aliphatic rings. The molecule has 122 valence electrons. The van der Waals surface area contributed by atoms with Crippen LogP contribution in [0.1, 0.15) is 37.3 Å². The minimum absolute atomic E-state index is 0.216. The highest BCUT2D eigenvalue weighted by Gasteiger charge is 2.11. The maximum absolute atomic E-state index is 12.2. The second kappa shape index (κ2) is 8.22. The van der Waals surface area contributed by atoms with Crippen LogP contribution in [-0.4, -0.2) is 13.1 Å². The summed E-state index contributed by atoms with van der Waals surface area (Å²) in [4.78, 5) is 12.2. The van der Waals surface area contributed by atoms with Crippen LogP contribution in [0.4, 0.5) is 10.5 Å². The summed E-state index contributed by atoms with van der Waals surface area (Å²) in [5, 5.41) is 5.82. The fraction of sp³-hybridized carbons (Fsp3) is 0.316. The normalized spacial score (nSPS) is 11.6. The Bertz CT molecular complexity index is 655. The van der Waals surface area contributed by atoms with E-state index >= 15 is 0 Å². The molecule has 0 radical (unpaired) electrons. The summed E-state index contributed by atoms with van der Waals surface area (Å²) in [7, 11) is 1.63. The van der Waals surface area contributed by atoms with E-state index in [4.69, 9.17) is 4.74 Å². The fourth-order valence-corrected chi connectivity index (χ4v) is 2.45. The van der Waals surface area contributed by atoms with E-state index in [1.165, 1.54) is 0 Å². The van der Waals surface area contributed by atoms with Gasteiger partial charge in [0.1, 0.15) is 5.75 Å². The maximum atomic E-state index is 12.2. The van der Waals surface area contributed by atoms with Gasteiger partial charge in [0.2, 0.25) is 0 Å². The number of rotatable bonds is 6. The summed E-state index contributed by atoms with van der Waals surface area (Å²) < 4.78 is 5.29. The highest BCUT2D eigenvalue weighted by Crippen LogP contribution is 2.26. The number of hydrogen-bond donors (Lipinski definition) is 2. The Labute approximate surface area is 137 Å². The first-order valence-corrected chi connectivity index (χ1v) is 7.91. The lowest BCUT2D eigenvalue weighted by atomic mass is 9.97.